The van der Waals surface area contributed by atoms with Gasteiger partial charge in [-0.3, -0.25) is 9.59 Å². The Morgan fingerprint density at radius 3 is 2.71 bits per heavy atom. The Morgan fingerprint density at radius 1 is 1.21 bits per heavy atom. The summed E-state index contributed by atoms with van der Waals surface area (Å²) in [5.41, 5.74) is 0.760. The second-order valence-electron chi connectivity index (χ2n) is 7.27. The van der Waals surface area contributed by atoms with Crippen molar-refractivity contribution in [3.8, 4) is 5.75 Å². The average Bonchev–Trinajstić information content (AvgIpc) is 2.70. The summed E-state index contributed by atoms with van der Waals surface area (Å²) in [4.78, 5) is 26.6. The molecule has 0 spiro atoms. The summed E-state index contributed by atoms with van der Waals surface area (Å²) in [7, 11) is 1.63. The molecule has 0 radical (unpaired) electrons. The fraction of sp³-hybridized carbons (Fsp3) is 0.476. The zero-order valence-electron chi connectivity index (χ0n) is 16.6. The maximum absolute atomic E-state index is 12.3. The summed E-state index contributed by atoms with van der Waals surface area (Å²) in [5, 5.41) is 7.26. The van der Waals surface area contributed by atoms with Gasteiger partial charge in [0.2, 0.25) is 5.91 Å². The van der Waals surface area contributed by atoms with Crippen LogP contribution in [0, 0.1) is 5.92 Å². The van der Waals surface area contributed by atoms with Crippen molar-refractivity contribution in [2.75, 3.05) is 31.6 Å². The smallest absolute Gasteiger partial charge is 0.267 e. The van der Waals surface area contributed by atoms with Gasteiger partial charge >= 0.3 is 0 Å². The summed E-state index contributed by atoms with van der Waals surface area (Å²) in [6, 6.07) is 11.0. The molecule has 1 amide bonds. The molecular weight excluding hydrogens is 356 g/mol. The van der Waals surface area contributed by atoms with Crippen LogP contribution >= 0.6 is 0 Å². The van der Waals surface area contributed by atoms with Crippen molar-refractivity contribution in [2.24, 2.45) is 5.92 Å². The third kappa shape index (κ3) is 5.12. The van der Waals surface area contributed by atoms with Gasteiger partial charge in [0, 0.05) is 25.7 Å². The number of hydrogen-bond donors (Lipinski definition) is 1. The molecular formula is C21H28N4O3. The minimum atomic E-state index is -0.269. The molecule has 0 saturated carbocycles. The van der Waals surface area contributed by atoms with Crippen LogP contribution in [0.15, 0.2) is 41.2 Å². The molecule has 7 nitrogen and oxygen atoms in total. The molecule has 1 aromatic carbocycles. The third-order valence-electron chi connectivity index (χ3n) is 5.16. The molecule has 1 aromatic heterocycles. The second-order valence-corrected chi connectivity index (χ2v) is 7.27. The van der Waals surface area contributed by atoms with E-state index < -0.39 is 0 Å². The molecule has 1 aliphatic rings. The first kappa shape index (κ1) is 19.9. The lowest BCUT2D eigenvalue weighted by Gasteiger charge is -2.31. The van der Waals surface area contributed by atoms with Gasteiger partial charge in [-0.25, -0.2) is 4.68 Å². The molecule has 0 aliphatic carbocycles. The normalized spacial score (nSPS) is 14.7. The van der Waals surface area contributed by atoms with Gasteiger partial charge in [-0.1, -0.05) is 25.1 Å². The third-order valence-corrected chi connectivity index (χ3v) is 5.16. The van der Waals surface area contributed by atoms with E-state index in [0.29, 0.717) is 13.0 Å². The zero-order chi connectivity index (χ0) is 19.9. The average molecular weight is 384 g/mol. The minimum absolute atomic E-state index is 0.0805. The number of ether oxygens (including phenoxy) is 1. The molecule has 1 saturated heterocycles. The van der Waals surface area contributed by atoms with Crippen molar-refractivity contribution in [3.05, 3.63) is 52.3 Å². The summed E-state index contributed by atoms with van der Waals surface area (Å²) in [6.45, 7) is 4.50. The molecule has 150 valence electrons. The van der Waals surface area contributed by atoms with Gasteiger partial charge in [0.25, 0.3) is 5.56 Å². The van der Waals surface area contributed by atoms with Crippen LogP contribution < -0.4 is 20.5 Å². The lowest BCUT2D eigenvalue weighted by atomic mass is 9.99. The van der Waals surface area contributed by atoms with Gasteiger partial charge in [-0.15, -0.1) is 0 Å². The molecule has 1 fully saturated rings. The maximum atomic E-state index is 12.3. The van der Waals surface area contributed by atoms with E-state index in [0.717, 1.165) is 49.0 Å². The predicted molar refractivity (Wildman–Crippen MR) is 109 cm³/mol. The molecule has 7 heteroatoms. The number of para-hydroxylation sites is 1. The fourth-order valence-electron chi connectivity index (χ4n) is 3.40. The van der Waals surface area contributed by atoms with Crippen molar-refractivity contribution in [2.45, 2.75) is 32.7 Å². The van der Waals surface area contributed by atoms with Crippen LogP contribution in [-0.4, -0.2) is 42.4 Å². The first-order valence-corrected chi connectivity index (χ1v) is 9.78. The monoisotopic (exact) mass is 384 g/mol. The molecule has 1 aliphatic heterocycles. The molecule has 1 N–H and O–H groups in total. The van der Waals surface area contributed by atoms with Crippen LogP contribution in [0.5, 0.6) is 5.75 Å². The number of rotatable bonds is 7. The molecule has 0 unspecified atom stereocenters. The van der Waals surface area contributed by atoms with E-state index in [-0.39, 0.29) is 18.0 Å². The standard InChI is InChI=1S/C21H28N4O3/c1-16-10-13-24(14-11-16)19-7-8-21(27)25(23-19)15-20(26)22-12-9-17-5-3-4-6-18(17)28-2/h3-8,16H,9-15H2,1-2H3,(H,22,26). The first-order valence-electron chi connectivity index (χ1n) is 9.78. The van der Waals surface area contributed by atoms with Crippen molar-refractivity contribution in [1.82, 2.24) is 15.1 Å². The number of piperidine rings is 1. The fourth-order valence-corrected chi connectivity index (χ4v) is 3.40. The number of nitrogens with one attached hydrogen (secondary N) is 1. The van der Waals surface area contributed by atoms with Crippen LogP contribution in [0.3, 0.4) is 0 Å². The molecule has 3 rings (SSSR count). The highest BCUT2D eigenvalue weighted by atomic mass is 16.5. The number of hydrogen-bond acceptors (Lipinski definition) is 5. The highest BCUT2D eigenvalue weighted by Crippen LogP contribution is 2.20. The molecule has 2 heterocycles. The Kier molecular flexibility index (Phi) is 6.68. The lowest BCUT2D eigenvalue weighted by molar-refractivity contribution is -0.121. The van der Waals surface area contributed by atoms with E-state index in [1.165, 1.54) is 10.7 Å². The Hall–Kier alpha value is -2.83. The van der Waals surface area contributed by atoms with E-state index in [9.17, 15) is 9.59 Å². The number of aromatic nitrogens is 2. The van der Waals surface area contributed by atoms with E-state index in [2.05, 4.69) is 22.2 Å². The van der Waals surface area contributed by atoms with Crippen molar-refractivity contribution in [1.29, 1.82) is 0 Å². The van der Waals surface area contributed by atoms with Gasteiger partial charge in [0.05, 0.1) is 7.11 Å². The van der Waals surface area contributed by atoms with Gasteiger partial charge in [-0.05, 0) is 42.9 Å². The second kappa shape index (κ2) is 9.39. The largest absolute Gasteiger partial charge is 0.496 e. The first-order chi connectivity index (χ1) is 13.6. The number of nitrogens with zero attached hydrogens (tertiary/aromatic N) is 3. The highest BCUT2D eigenvalue weighted by molar-refractivity contribution is 5.75. The van der Waals surface area contributed by atoms with Crippen LogP contribution in [-0.2, 0) is 17.8 Å². The van der Waals surface area contributed by atoms with Crippen molar-refractivity contribution < 1.29 is 9.53 Å². The Bertz CT molecular complexity index is 857. The maximum Gasteiger partial charge on any atom is 0.267 e. The Balaban J connectivity index is 1.56. The van der Waals surface area contributed by atoms with E-state index in [4.69, 9.17) is 4.74 Å². The number of methoxy groups -OCH3 is 1. The summed E-state index contributed by atoms with van der Waals surface area (Å²) in [6.07, 6.45) is 2.89. The van der Waals surface area contributed by atoms with Crippen LogP contribution in [0.25, 0.3) is 0 Å². The number of carbonyl (C=O) groups excluding carboxylic acids is 1. The summed E-state index contributed by atoms with van der Waals surface area (Å²) in [5.74, 6) is 2.05. The van der Waals surface area contributed by atoms with E-state index >= 15 is 0 Å². The Morgan fingerprint density at radius 2 is 1.96 bits per heavy atom. The molecule has 0 atom stereocenters. The Labute approximate surface area is 165 Å². The van der Waals surface area contributed by atoms with Gasteiger partial charge in [0.1, 0.15) is 18.1 Å². The quantitative estimate of drug-likeness (QED) is 0.788. The lowest BCUT2D eigenvalue weighted by Crippen LogP contribution is -2.37. The molecule has 28 heavy (non-hydrogen) atoms. The minimum Gasteiger partial charge on any atom is -0.496 e. The molecule has 2 aromatic rings. The molecule has 0 bridgehead atoms. The SMILES string of the molecule is COc1ccccc1CCNC(=O)Cn1nc(N2CCC(C)CC2)ccc1=O. The number of amides is 1. The van der Waals surface area contributed by atoms with E-state index in [1.807, 2.05) is 24.3 Å². The summed E-state index contributed by atoms with van der Waals surface area (Å²) >= 11 is 0. The summed E-state index contributed by atoms with van der Waals surface area (Å²) < 4.78 is 6.56. The van der Waals surface area contributed by atoms with Crippen LogP contribution in [0.1, 0.15) is 25.3 Å². The predicted octanol–water partition coefficient (Wildman–Crippen LogP) is 1.85. The van der Waals surface area contributed by atoms with E-state index in [1.54, 1.807) is 13.2 Å². The van der Waals surface area contributed by atoms with Crippen LogP contribution in [0.4, 0.5) is 5.82 Å². The number of anilines is 1. The number of carbonyl (C=O) groups is 1. The van der Waals surface area contributed by atoms with Gasteiger partial charge in [0.15, 0.2) is 0 Å². The van der Waals surface area contributed by atoms with Crippen LogP contribution in [0.2, 0.25) is 0 Å². The highest BCUT2D eigenvalue weighted by Gasteiger charge is 2.18. The van der Waals surface area contributed by atoms with Crippen molar-refractivity contribution >= 4 is 11.7 Å². The van der Waals surface area contributed by atoms with Gasteiger partial charge in [-0.2, -0.15) is 5.10 Å². The topological polar surface area (TPSA) is 76.5 Å². The van der Waals surface area contributed by atoms with Gasteiger partial charge < -0.3 is 15.0 Å². The number of benzene rings is 1. The van der Waals surface area contributed by atoms with Crippen molar-refractivity contribution in [3.63, 3.8) is 0 Å². The zero-order valence-corrected chi connectivity index (χ0v) is 16.6.